The number of carboxylic acids is 1. The summed E-state index contributed by atoms with van der Waals surface area (Å²) in [7, 11) is 0. The lowest BCUT2D eigenvalue weighted by atomic mass is 10.1. The third kappa shape index (κ3) is 3.11. The SMILES string of the molecule is O=C(Nc1cccc(Cl)c1C(=O)O)c1ccc(O)cc1F. The van der Waals surface area contributed by atoms with E-state index in [0.29, 0.717) is 0 Å². The van der Waals surface area contributed by atoms with E-state index in [1.807, 2.05) is 0 Å². The molecule has 0 fully saturated rings. The zero-order valence-corrected chi connectivity index (χ0v) is 11.2. The average Bonchev–Trinajstić information content (AvgIpc) is 2.37. The number of phenols is 1. The molecule has 0 saturated carbocycles. The number of carbonyl (C=O) groups excluding carboxylic acids is 1. The molecule has 0 bridgehead atoms. The number of hydrogen-bond acceptors (Lipinski definition) is 3. The molecule has 0 atom stereocenters. The first-order chi connectivity index (χ1) is 9.90. The summed E-state index contributed by atoms with van der Waals surface area (Å²) in [6, 6.07) is 7.18. The average molecular weight is 310 g/mol. The number of halogens is 2. The molecule has 0 spiro atoms. The van der Waals surface area contributed by atoms with Crippen LogP contribution in [-0.4, -0.2) is 22.1 Å². The number of hydrogen-bond donors (Lipinski definition) is 3. The minimum absolute atomic E-state index is 0.0486. The Labute approximate surface area is 123 Å². The zero-order chi connectivity index (χ0) is 15.6. The van der Waals surface area contributed by atoms with Gasteiger partial charge >= 0.3 is 5.97 Å². The third-order valence-corrected chi connectivity index (χ3v) is 2.99. The van der Waals surface area contributed by atoms with Crippen LogP contribution in [0.5, 0.6) is 5.75 Å². The molecule has 108 valence electrons. The quantitative estimate of drug-likeness (QED) is 0.813. The van der Waals surface area contributed by atoms with Crippen LogP contribution in [0.1, 0.15) is 20.7 Å². The third-order valence-electron chi connectivity index (χ3n) is 2.67. The molecule has 0 aromatic heterocycles. The van der Waals surface area contributed by atoms with Crippen LogP contribution in [0.3, 0.4) is 0 Å². The lowest BCUT2D eigenvalue weighted by molar-refractivity contribution is 0.0698. The molecule has 2 aromatic carbocycles. The summed E-state index contributed by atoms with van der Waals surface area (Å²) in [4.78, 5) is 23.1. The van der Waals surface area contributed by atoms with E-state index in [0.717, 1.165) is 18.2 Å². The molecule has 1 amide bonds. The second-order valence-corrected chi connectivity index (χ2v) is 4.49. The fourth-order valence-electron chi connectivity index (χ4n) is 1.72. The van der Waals surface area contributed by atoms with Crippen molar-refractivity contribution in [2.75, 3.05) is 5.32 Å². The molecule has 0 aliphatic rings. The van der Waals surface area contributed by atoms with Crippen LogP contribution in [0.4, 0.5) is 10.1 Å². The van der Waals surface area contributed by atoms with E-state index in [4.69, 9.17) is 21.8 Å². The molecule has 0 aliphatic heterocycles. The Bertz CT molecular complexity index is 733. The summed E-state index contributed by atoms with van der Waals surface area (Å²) in [6.07, 6.45) is 0. The Kier molecular flexibility index (Phi) is 4.09. The number of amides is 1. The number of carbonyl (C=O) groups is 2. The number of nitrogens with one attached hydrogen (secondary N) is 1. The van der Waals surface area contributed by atoms with Gasteiger partial charge in [0.15, 0.2) is 0 Å². The molecule has 0 unspecified atom stereocenters. The van der Waals surface area contributed by atoms with Crippen LogP contribution in [0.25, 0.3) is 0 Å². The molecule has 0 radical (unpaired) electrons. The second-order valence-electron chi connectivity index (χ2n) is 4.09. The Morgan fingerprint density at radius 1 is 1.19 bits per heavy atom. The highest BCUT2D eigenvalue weighted by Gasteiger charge is 2.18. The predicted molar refractivity (Wildman–Crippen MR) is 74.4 cm³/mol. The smallest absolute Gasteiger partial charge is 0.339 e. The van der Waals surface area contributed by atoms with Crippen LogP contribution in [0.15, 0.2) is 36.4 Å². The molecule has 5 nitrogen and oxygen atoms in total. The fourth-order valence-corrected chi connectivity index (χ4v) is 1.98. The lowest BCUT2D eigenvalue weighted by Crippen LogP contribution is -2.16. The standard InChI is InChI=1S/C14H9ClFNO4/c15-9-2-1-3-11(12(9)14(20)21)17-13(19)8-5-4-7(18)6-10(8)16/h1-6,18H,(H,17,19)(H,20,21). The highest BCUT2D eigenvalue weighted by atomic mass is 35.5. The van der Waals surface area contributed by atoms with Crippen LogP contribution in [0.2, 0.25) is 5.02 Å². The van der Waals surface area contributed by atoms with E-state index in [1.54, 1.807) is 0 Å². The number of benzene rings is 2. The first-order valence-corrected chi connectivity index (χ1v) is 6.09. The van der Waals surface area contributed by atoms with Gasteiger partial charge in [0.05, 0.1) is 16.3 Å². The van der Waals surface area contributed by atoms with Gasteiger partial charge in [0, 0.05) is 6.07 Å². The van der Waals surface area contributed by atoms with Crippen molar-refractivity contribution in [3.8, 4) is 5.75 Å². The number of anilines is 1. The molecule has 21 heavy (non-hydrogen) atoms. The molecule has 2 rings (SSSR count). The fraction of sp³-hybridized carbons (Fsp3) is 0. The monoisotopic (exact) mass is 309 g/mol. The Balaban J connectivity index is 2.36. The van der Waals surface area contributed by atoms with Gasteiger partial charge in [-0.05, 0) is 24.3 Å². The van der Waals surface area contributed by atoms with E-state index >= 15 is 0 Å². The van der Waals surface area contributed by atoms with Crippen LogP contribution in [0, 0.1) is 5.82 Å². The van der Waals surface area contributed by atoms with Gasteiger partial charge in [-0.1, -0.05) is 17.7 Å². The topological polar surface area (TPSA) is 86.6 Å². The van der Waals surface area contributed by atoms with E-state index in [1.165, 1.54) is 18.2 Å². The van der Waals surface area contributed by atoms with Gasteiger partial charge in [-0.15, -0.1) is 0 Å². The van der Waals surface area contributed by atoms with Crippen molar-refractivity contribution in [1.82, 2.24) is 0 Å². The van der Waals surface area contributed by atoms with Gasteiger partial charge in [-0.3, -0.25) is 4.79 Å². The molecule has 2 aromatic rings. The molecule has 0 aliphatic carbocycles. The number of rotatable bonds is 3. The van der Waals surface area contributed by atoms with E-state index in [-0.39, 0.29) is 27.6 Å². The molecular formula is C14H9ClFNO4. The number of aromatic carboxylic acids is 1. The number of aromatic hydroxyl groups is 1. The number of phenolic OH excluding ortho intramolecular Hbond substituents is 1. The Morgan fingerprint density at radius 2 is 1.90 bits per heavy atom. The van der Waals surface area contributed by atoms with Gasteiger partial charge in [0.2, 0.25) is 0 Å². The Morgan fingerprint density at radius 3 is 2.52 bits per heavy atom. The maximum atomic E-state index is 13.6. The molecule has 7 heteroatoms. The summed E-state index contributed by atoms with van der Waals surface area (Å²) >= 11 is 5.77. The normalized spacial score (nSPS) is 10.2. The van der Waals surface area contributed by atoms with Crippen molar-refractivity contribution in [3.05, 3.63) is 58.4 Å². The van der Waals surface area contributed by atoms with Crippen molar-refractivity contribution in [3.63, 3.8) is 0 Å². The maximum Gasteiger partial charge on any atom is 0.339 e. The summed E-state index contributed by atoms with van der Waals surface area (Å²) in [6.45, 7) is 0. The first kappa shape index (κ1) is 14.8. The van der Waals surface area contributed by atoms with Crippen molar-refractivity contribution >= 4 is 29.2 Å². The van der Waals surface area contributed by atoms with E-state index in [9.17, 15) is 14.0 Å². The van der Waals surface area contributed by atoms with Gasteiger partial charge in [-0.25, -0.2) is 9.18 Å². The van der Waals surface area contributed by atoms with Gasteiger partial charge in [0.25, 0.3) is 5.91 Å². The minimum Gasteiger partial charge on any atom is -0.508 e. The lowest BCUT2D eigenvalue weighted by Gasteiger charge is -2.10. The van der Waals surface area contributed by atoms with E-state index in [2.05, 4.69) is 5.32 Å². The van der Waals surface area contributed by atoms with Gasteiger partial charge < -0.3 is 15.5 Å². The second kappa shape index (κ2) is 5.80. The van der Waals surface area contributed by atoms with Crippen LogP contribution in [-0.2, 0) is 0 Å². The largest absolute Gasteiger partial charge is 0.508 e. The zero-order valence-electron chi connectivity index (χ0n) is 10.4. The van der Waals surface area contributed by atoms with Crippen LogP contribution < -0.4 is 5.32 Å². The van der Waals surface area contributed by atoms with E-state index < -0.39 is 17.7 Å². The number of carboxylic acid groups (broad SMARTS) is 1. The maximum absolute atomic E-state index is 13.6. The highest BCUT2D eigenvalue weighted by Crippen LogP contribution is 2.25. The van der Waals surface area contributed by atoms with Crippen molar-refractivity contribution in [2.45, 2.75) is 0 Å². The predicted octanol–water partition coefficient (Wildman–Crippen LogP) is 3.14. The Hall–Kier alpha value is -2.60. The summed E-state index contributed by atoms with van der Waals surface area (Å²) in [5.41, 5.74) is -0.664. The van der Waals surface area contributed by atoms with Crippen molar-refractivity contribution in [1.29, 1.82) is 0 Å². The highest BCUT2D eigenvalue weighted by molar-refractivity contribution is 6.34. The van der Waals surface area contributed by atoms with Gasteiger partial charge in [-0.2, -0.15) is 0 Å². The van der Waals surface area contributed by atoms with Crippen LogP contribution >= 0.6 is 11.6 Å². The summed E-state index contributed by atoms with van der Waals surface area (Å²) in [5, 5.41) is 20.4. The van der Waals surface area contributed by atoms with Crippen molar-refractivity contribution < 1.29 is 24.2 Å². The minimum atomic E-state index is -1.32. The van der Waals surface area contributed by atoms with Crippen molar-refractivity contribution in [2.24, 2.45) is 0 Å². The summed E-state index contributed by atoms with van der Waals surface area (Å²) < 4.78 is 13.6. The first-order valence-electron chi connectivity index (χ1n) is 5.72. The molecular weight excluding hydrogens is 301 g/mol. The molecule has 0 saturated heterocycles. The summed E-state index contributed by atoms with van der Waals surface area (Å²) in [5.74, 6) is -3.41. The molecule has 3 N–H and O–H groups in total. The van der Waals surface area contributed by atoms with Gasteiger partial charge in [0.1, 0.15) is 17.1 Å². The molecule has 0 heterocycles.